The molecule has 0 spiro atoms. The van der Waals surface area contributed by atoms with Gasteiger partial charge in [-0.15, -0.1) is 0 Å². The monoisotopic (exact) mass is 535 g/mol. The van der Waals surface area contributed by atoms with Crippen LogP contribution < -0.4 is 20.5 Å². The maximum Gasteiger partial charge on any atom is 0.439 e. The van der Waals surface area contributed by atoms with Gasteiger partial charge in [0.2, 0.25) is 5.88 Å². The number of nitrogens with one attached hydrogen (secondary N) is 1. The number of carbonyl (C=O) groups is 1. The Kier molecular flexibility index (Phi) is 8.26. The van der Waals surface area contributed by atoms with E-state index in [1.165, 1.54) is 30.5 Å². The Morgan fingerprint density at radius 2 is 2.00 bits per heavy atom. The molecule has 0 radical (unpaired) electrons. The second-order valence-electron chi connectivity index (χ2n) is 8.31. The summed E-state index contributed by atoms with van der Waals surface area (Å²) in [5.41, 5.74) is 6.45. The molecule has 1 aliphatic rings. The van der Waals surface area contributed by atoms with Gasteiger partial charge in [0.25, 0.3) is 0 Å². The Balaban J connectivity index is 1.69. The van der Waals surface area contributed by atoms with Crippen LogP contribution in [0.2, 0.25) is 0 Å². The molecule has 198 valence electrons. The molecule has 0 atom stereocenters. The average molecular weight is 536 g/mol. The molecule has 13 heteroatoms. The molecule has 0 saturated heterocycles. The Morgan fingerprint density at radius 1 is 1.19 bits per heavy atom. The van der Waals surface area contributed by atoms with Crippen LogP contribution in [0.15, 0.2) is 47.0 Å². The molecule has 1 aliphatic heterocycles. The number of pyridine rings is 2. The highest BCUT2D eigenvalue weighted by molar-refractivity contribution is 7.98. The molecule has 0 saturated carbocycles. The van der Waals surface area contributed by atoms with E-state index in [2.05, 4.69) is 19.6 Å². The minimum absolute atomic E-state index is 0.000561. The Labute approximate surface area is 213 Å². The van der Waals surface area contributed by atoms with Gasteiger partial charge in [0, 0.05) is 42.0 Å². The number of halogens is 2. The van der Waals surface area contributed by atoms with Crippen LogP contribution >= 0.6 is 0 Å². The number of benzene rings is 1. The summed E-state index contributed by atoms with van der Waals surface area (Å²) in [5, 5.41) is 3.01. The number of anilines is 2. The summed E-state index contributed by atoms with van der Waals surface area (Å²) in [6.45, 7) is 0.554. The zero-order chi connectivity index (χ0) is 26.4. The lowest BCUT2D eigenvalue weighted by Crippen LogP contribution is -2.17. The largest absolute Gasteiger partial charge is 0.493 e. The van der Waals surface area contributed by atoms with Gasteiger partial charge in [-0.1, -0.05) is 10.1 Å². The van der Waals surface area contributed by atoms with Crippen LogP contribution in [-0.2, 0) is 20.6 Å². The van der Waals surface area contributed by atoms with Crippen molar-refractivity contribution >= 4 is 27.8 Å². The first kappa shape index (κ1) is 26.4. The number of amides is 1. The van der Waals surface area contributed by atoms with Gasteiger partial charge in [-0.25, -0.2) is 18.6 Å². The van der Waals surface area contributed by atoms with Gasteiger partial charge in [0.1, 0.15) is 35.6 Å². The van der Waals surface area contributed by atoms with E-state index in [1.54, 1.807) is 12.1 Å². The smallest absolute Gasteiger partial charge is 0.439 e. The predicted molar refractivity (Wildman–Crippen MR) is 137 cm³/mol. The van der Waals surface area contributed by atoms with Crippen molar-refractivity contribution in [2.24, 2.45) is 10.1 Å². The van der Waals surface area contributed by atoms with Crippen molar-refractivity contribution in [2.45, 2.75) is 12.2 Å². The van der Waals surface area contributed by atoms with Crippen molar-refractivity contribution in [3.05, 3.63) is 59.8 Å². The lowest BCUT2D eigenvalue weighted by Gasteiger charge is -2.19. The second kappa shape index (κ2) is 11.6. The fourth-order valence-corrected chi connectivity index (χ4v) is 4.98. The molecule has 0 unspecified atom stereocenters. The van der Waals surface area contributed by atoms with Crippen molar-refractivity contribution in [1.29, 1.82) is 0 Å². The Morgan fingerprint density at radius 3 is 2.81 bits per heavy atom. The van der Waals surface area contributed by atoms with Crippen LogP contribution in [0.1, 0.15) is 12.0 Å². The highest BCUT2D eigenvalue weighted by Gasteiger charge is 2.17. The molecule has 2 aromatic heterocycles. The minimum Gasteiger partial charge on any atom is -0.493 e. The molecule has 37 heavy (non-hydrogen) atoms. The van der Waals surface area contributed by atoms with Gasteiger partial charge in [0.15, 0.2) is 0 Å². The lowest BCUT2D eigenvalue weighted by molar-refractivity contribution is 0.161. The van der Waals surface area contributed by atoms with Crippen molar-refractivity contribution in [1.82, 2.24) is 9.97 Å². The lowest BCUT2D eigenvalue weighted by atomic mass is 10.0. The number of thiol groups is 1. The van der Waals surface area contributed by atoms with E-state index < -0.39 is 27.8 Å². The van der Waals surface area contributed by atoms with Crippen molar-refractivity contribution in [2.75, 3.05) is 37.9 Å². The third-order valence-electron chi connectivity index (χ3n) is 5.13. The standard InChI is InChI=1S/C24H27F2N5O5S/c1-37(33,31-24(32)36-8-5-27)14-15-9-22-29-21-12-18(19(26)13-28-21)17-4-3-16(25)11-20(17)34-6-2-7-35-23(10-15)30-22/h3-4,9-13,37H,2,5-8,14,27H2,1H3,(H,28,29,30)(H,31,32,33). The van der Waals surface area contributed by atoms with Crippen molar-refractivity contribution < 1.29 is 32.3 Å². The topological polar surface area (TPSA) is 141 Å². The number of nitrogens with two attached hydrogens (primary N) is 1. The normalized spacial score (nSPS) is 13.6. The van der Waals surface area contributed by atoms with E-state index in [0.717, 1.165) is 6.20 Å². The molecule has 4 rings (SSSR count). The third-order valence-corrected chi connectivity index (χ3v) is 6.68. The molecule has 1 aromatic carbocycles. The zero-order valence-electron chi connectivity index (χ0n) is 20.0. The van der Waals surface area contributed by atoms with Crippen LogP contribution in [-0.4, -0.2) is 53.2 Å². The van der Waals surface area contributed by atoms with Gasteiger partial charge in [0.05, 0.1) is 19.4 Å². The van der Waals surface area contributed by atoms with E-state index in [4.69, 9.17) is 19.9 Å². The van der Waals surface area contributed by atoms with Gasteiger partial charge in [-0.3, -0.25) is 0 Å². The third kappa shape index (κ3) is 7.18. The summed E-state index contributed by atoms with van der Waals surface area (Å²) in [5.74, 6) is -0.0458. The molecule has 4 bridgehead atoms. The highest BCUT2D eigenvalue weighted by atomic mass is 32.3. The average Bonchev–Trinajstić information content (AvgIpc) is 2.83. The maximum atomic E-state index is 14.7. The SMILES string of the molecule is C[SH](O)(Cc1cc2nc(c1)OCCCOc1cc(F)ccc1-c1cc(ncc1F)N2)=NC(=O)OCCN. The van der Waals surface area contributed by atoms with Crippen LogP contribution in [0.3, 0.4) is 0 Å². The van der Waals surface area contributed by atoms with E-state index in [1.807, 2.05) is 0 Å². The summed E-state index contributed by atoms with van der Waals surface area (Å²) in [4.78, 5) is 20.4. The first-order chi connectivity index (χ1) is 17.7. The number of nitrogens with zero attached hydrogens (tertiary/aromatic N) is 3. The minimum atomic E-state index is -3.08. The van der Waals surface area contributed by atoms with E-state index in [-0.39, 0.29) is 55.1 Å². The predicted octanol–water partition coefficient (Wildman–Crippen LogP) is 4.09. The number of rotatable bonds is 4. The van der Waals surface area contributed by atoms with Crippen LogP contribution in [0.5, 0.6) is 11.6 Å². The molecular formula is C24H27F2N5O5S. The van der Waals surface area contributed by atoms with Gasteiger partial charge in [-0.2, -0.15) is 9.35 Å². The summed E-state index contributed by atoms with van der Waals surface area (Å²) >= 11 is 0. The number of hydrogen-bond acceptors (Lipinski definition) is 8. The van der Waals surface area contributed by atoms with Crippen LogP contribution in [0.25, 0.3) is 11.1 Å². The van der Waals surface area contributed by atoms with E-state index in [9.17, 15) is 18.1 Å². The fourth-order valence-electron chi connectivity index (χ4n) is 3.62. The van der Waals surface area contributed by atoms with Crippen LogP contribution in [0.4, 0.5) is 25.2 Å². The van der Waals surface area contributed by atoms with Crippen molar-refractivity contribution in [3.63, 3.8) is 0 Å². The van der Waals surface area contributed by atoms with Gasteiger partial charge in [-0.05, 0) is 36.1 Å². The number of ether oxygens (including phenoxy) is 3. The van der Waals surface area contributed by atoms with Gasteiger partial charge >= 0.3 is 6.09 Å². The van der Waals surface area contributed by atoms with E-state index in [0.29, 0.717) is 23.4 Å². The van der Waals surface area contributed by atoms with Gasteiger partial charge < -0.3 is 29.8 Å². The zero-order valence-corrected chi connectivity index (χ0v) is 20.9. The molecule has 0 aliphatic carbocycles. The van der Waals surface area contributed by atoms with Crippen molar-refractivity contribution in [3.8, 4) is 22.8 Å². The Hall–Kier alpha value is -3.68. The number of aromatic nitrogens is 2. The Bertz CT molecular complexity index is 1350. The molecule has 3 aromatic rings. The number of carbonyl (C=O) groups excluding carboxylic acids is 1. The molecule has 0 fully saturated rings. The summed E-state index contributed by atoms with van der Waals surface area (Å²) in [7, 11) is -3.08. The summed E-state index contributed by atoms with van der Waals surface area (Å²) in [6, 6.07) is 8.61. The number of fused-ring (bicyclic) bond motifs is 6. The first-order valence-corrected chi connectivity index (χ1v) is 13.7. The quantitative estimate of drug-likeness (QED) is 0.363. The number of hydrogen-bond donors (Lipinski definition) is 4. The summed E-state index contributed by atoms with van der Waals surface area (Å²) < 4.78 is 59.6. The maximum absolute atomic E-state index is 14.7. The van der Waals surface area contributed by atoms with E-state index >= 15 is 0 Å². The van der Waals surface area contributed by atoms with Crippen LogP contribution in [0, 0.1) is 11.6 Å². The molecular weight excluding hydrogens is 508 g/mol. The molecule has 10 nitrogen and oxygen atoms in total. The molecule has 3 heterocycles. The second-order valence-corrected chi connectivity index (χ2v) is 11.0. The first-order valence-electron chi connectivity index (χ1n) is 11.4. The fraction of sp³-hybridized carbons (Fsp3) is 0.292. The summed E-state index contributed by atoms with van der Waals surface area (Å²) in [6.07, 6.45) is 2.06. The highest BCUT2D eigenvalue weighted by Crippen LogP contribution is 2.34. The molecule has 1 amide bonds. The molecule has 4 N–H and O–H groups in total.